The van der Waals surface area contributed by atoms with Crippen LogP contribution < -0.4 is 5.73 Å². The van der Waals surface area contributed by atoms with E-state index >= 15 is 0 Å². The van der Waals surface area contributed by atoms with E-state index in [1.165, 1.54) is 32.1 Å². The zero-order valence-corrected chi connectivity index (χ0v) is 10.3. The van der Waals surface area contributed by atoms with Gasteiger partial charge in [0.2, 0.25) is 0 Å². The van der Waals surface area contributed by atoms with Crippen molar-refractivity contribution >= 4 is 0 Å². The van der Waals surface area contributed by atoms with Crippen molar-refractivity contribution in [2.45, 2.75) is 65.3 Å². The molecule has 0 saturated heterocycles. The lowest BCUT2D eigenvalue weighted by Gasteiger charge is -2.42. The highest BCUT2D eigenvalue weighted by molar-refractivity contribution is 4.92. The van der Waals surface area contributed by atoms with Crippen molar-refractivity contribution in [3.63, 3.8) is 0 Å². The second kappa shape index (κ2) is 4.65. The molecular weight excluding hydrogens is 170 g/mol. The highest BCUT2D eigenvalue weighted by atomic mass is 14.8. The van der Waals surface area contributed by atoms with Gasteiger partial charge < -0.3 is 5.73 Å². The molecule has 84 valence electrons. The molecule has 0 heterocycles. The van der Waals surface area contributed by atoms with Gasteiger partial charge in [-0.25, -0.2) is 0 Å². The molecule has 1 aliphatic carbocycles. The number of nitrogens with two attached hydrogens (primary N) is 1. The van der Waals surface area contributed by atoms with Crippen molar-refractivity contribution in [3.8, 4) is 0 Å². The topological polar surface area (TPSA) is 26.0 Å². The molecule has 14 heavy (non-hydrogen) atoms. The van der Waals surface area contributed by atoms with Crippen LogP contribution in [-0.4, -0.2) is 5.54 Å². The molecule has 1 heteroatoms. The van der Waals surface area contributed by atoms with Gasteiger partial charge in [-0.3, -0.25) is 0 Å². The molecule has 2 unspecified atom stereocenters. The van der Waals surface area contributed by atoms with E-state index in [-0.39, 0.29) is 5.54 Å². The van der Waals surface area contributed by atoms with E-state index in [0.29, 0.717) is 5.92 Å². The first-order valence-corrected chi connectivity index (χ1v) is 6.27. The van der Waals surface area contributed by atoms with E-state index in [2.05, 4.69) is 27.7 Å². The maximum Gasteiger partial charge on any atom is 0.0180 e. The predicted molar refractivity (Wildman–Crippen MR) is 63.2 cm³/mol. The molecule has 0 aromatic heterocycles. The van der Waals surface area contributed by atoms with Gasteiger partial charge in [-0.2, -0.15) is 0 Å². The van der Waals surface area contributed by atoms with Crippen LogP contribution in [0.3, 0.4) is 0 Å². The SMILES string of the molecule is CCC(C)C(C)(N)C1CCC(C)CC1. The first-order chi connectivity index (χ1) is 6.48. The fourth-order valence-electron chi connectivity index (χ4n) is 2.72. The largest absolute Gasteiger partial charge is 0.325 e. The Morgan fingerprint density at radius 2 is 1.79 bits per heavy atom. The normalized spacial score (nSPS) is 34.9. The van der Waals surface area contributed by atoms with E-state index in [1.807, 2.05) is 0 Å². The van der Waals surface area contributed by atoms with Crippen LogP contribution in [0.4, 0.5) is 0 Å². The summed E-state index contributed by atoms with van der Waals surface area (Å²) in [6, 6.07) is 0. The molecule has 1 nitrogen and oxygen atoms in total. The van der Waals surface area contributed by atoms with E-state index in [1.54, 1.807) is 0 Å². The van der Waals surface area contributed by atoms with Crippen LogP contribution >= 0.6 is 0 Å². The van der Waals surface area contributed by atoms with Crippen LogP contribution in [0.1, 0.15) is 59.8 Å². The van der Waals surface area contributed by atoms with Gasteiger partial charge in [0.05, 0.1) is 0 Å². The molecule has 2 atom stereocenters. The molecule has 1 saturated carbocycles. The predicted octanol–water partition coefficient (Wildman–Crippen LogP) is 3.58. The minimum atomic E-state index is 0.0644. The fraction of sp³-hybridized carbons (Fsp3) is 1.00. The Bertz CT molecular complexity index is 166. The van der Waals surface area contributed by atoms with Crippen molar-refractivity contribution in [2.24, 2.45) is 23.5 Å². The van der Waals surface area contributed by atoms with Crippen molar-refractivity contribution < 1.29 is 0 Å². The summed E-state index contributed by atoms with van der Waals surface area (Å²) in [7, 11) is 0. The van der Waals surface area contributed by atoms with Crippen molar-refractivity contribution in [3.05, 3.63) is 0 Å². The minimum Gasteiger partial charge on any atom is -0.325 e. The van der Waals surface area contributed by atoms with E-state index in [9.17, 15) is 0 Å². The summed E-state index contributed by atoms with van der Waals surface area (Å²) in [4.78, 5) is 0. The molecule has 1 aliphatic rings. The summed E-state index contributed by atoms with van der Waals surface area (Å²) in [6.07, 6.45) is 6.66. The number of rotatable bonds is 3. The van der Waals surface area contributed by atoms with Crippen LogP contribution in [-0.2, 0) is 0 Å². The van der Waals surface area contributed by atoms with E-state index < -0.39 is 0 Å². The summed E-state index contributed by atoms with van der Waals surface area (Å²) < 4.78 is 0. The molecule has 0 amide bonds. The lowest BCUT2D eigenvalue weighted by Crippen LogP contribution is -2.50. The zero-order valence-electron chi connectivity index (χ0n) is 10.3. The van der Waals surface area contributed by atoms with Crippen molar-refractivity contribution in [1.82, 2.24) is 0 Å². The summed E-state index contributed by atoms with van der Waals surface area (Å²) in [5.41, 5.74) is 6.56. The Morgan fingerprint density at radius 3 is 2.21 bits per heavy atom. The van der Waals surface area contributed by atoms with Crippen molar-refractivity contribution in [1.29, 1.82) is 0 Å². The molecule has 0 bridgehead atoms. The van der Waals surface area contributed by atoms with E-state index in [0.717, 1.165) is 11.8 Å². The lowest BCUT2D eigenvalue weighted by molar-refractivity contribution is 0.140. The molecular formula is C13H27N. The molecule has 0 radical (unpaired) electrons. The van der Waals surface area contributed by atoms with Gasteiger partial charge in [0.15, 0.2) is 0 Å². The molecule has 0 aromatic rings. The Kier molecular flexibility index (Phi) is 4.00. The summed E-state index contributed by atoms with van der Waals surface area (Å²) in [5.74, 6) is 2.34. The molecule has 1 fully saturated rings. The third-order valence-corrected chi connectivity index (χ3v) is 4.57. The van der Waals surface area contributed by atoms with Gasteiger partial charge in [-0.1, -0.05) is 40.0 Å². The fourth-order valence-corrected chi connectivity index (χ4v) is 2.72. The second-order valence-electron chi connectivity index (χ2n) is 5.63. The van der Waals surface area contributed by atoms with E-state index in [4.69, 9.17) is 5.73 Å². The minimum absolute atomic E-state index is 0.0644. The first-order valence-electron chi connectivity index (χ1n) is 6.27. The van der Waals surface area contributed by atoms with Crippen LogP contribution in [0.15, 0.2) is 0 Å². The zero-order chi connectivity index (χ0) is 10.8. The summed E-state index contributed by atoms with van der Waals surface area (Å²) in [5, 5.41) is 0. The Morgan fingerprint density at radius 1 is 1.29 bits per heavy atom. The smallest absolute Gasteiger partial charge is 0.0180 e. The van der Waals surface area contributed by atoms with Gasteiger partial charge in [0.1, 0.15) is 0 Å². The quantitative estimate of drug-likeness (QED) is 0.735. The maximum atomic E-state index is 6.49. The monoisotopic (exact) mass is 197 g/mol. The average molecular weight is 197 g/mol. The Hall–Kier alpha value is -0.0400. The molecule has 0 aliphatic heterocycles. The van der Waals surface area contributed by atoms with Gasteiger partial charge in [-0.05, 0) is 37.5 Å². The van der Waals surface area contributed by atoms with Crippen LogP contribution in [0.25, 0.3) is 0 Å². The van der Waals surface area contributed by atoms with Gasteiger partial charge in [0.25, 0.3) is 0 Å². The van der Waals surface area contributed by atoms with Crippen LogP contribution in [0.5, 0.6) is 0 Å². The third kappa shape index (κ3) is 2.50. The molecule has 0 spiro atoms. The maximum absolute atomic E-state index is 6.49. The highest BCUT2D eigenvalue weighted by Crippen LogP contribution is 2.38. The number of hydrogen-bond donors (Lipinski definition) is 1. The highest BCUT2D eigenvalue weighted by Gasteiger charge is 2.36. The molecule has 2 N–H and O–H groups in total. The number of hydrogen-bond acceptors (Lipinski definition) is 1. The average Bonchev–Trinajstić information content (AvgIpc) is 2.17. The molecule has 1 rings (SSSR count). The summed E-state index contributed by atoms with van der Waals surface area (Å²) in [6.45, 7) is 9.19. The standard InChI is InChI=1S/C13H27N/c1-5-11(3)13(4,14)12-8-6-10(2)7-9-12/h10-12H,5-9,14H2,1-4H3. The van der Waals surface area contributed by atoms with Crippen molar-refractivity contribution in [2.75, 3.05) is 0 Å². The Balaban J connectivity index is 2.54. The first kappa shape index (κ1) is 12.0. The van der Waals surface area contributed by atoms with Gasteiger partial charge in [0, 0.05) is 5.54 Å². The lowest BCUT2D eigenvalue weighted by atomic mass is 9.68. The van der Waals surface area contributed by atoms with Gasteiger partial charge in [-0.15, -0.1) is 0 Å². The van der Waals surface area contributed by atoms with Crippen LogP contribution in [0, 0.1) is 17.8 Å². The second-order valence-corrected chi connectivity index (χ2v) is 5.63. The van der Waals surface area contributed by atoms with Crippen LogP contribution in [0.2, 0.25) is 0 Å². The third-order valence-electron chi connectivity index (χ3n) is 4.57. The summed E-state index contributed by atoms with van der Waals surface area (Å²) >= 11 is 0. The molecule has 0 aromatic carbocycles. The Labute approximate surface area is 89.5 Å². The van der Waals surface area contributed by atoms with Gasteiger partial charge >= 0.3 is 0 Å².